The Morgan fingerprint density at radius 1 is 1.20 bits per heavy atom. The molecule has 4 rings (SSSR count). The highest BCUT2D eigenvalue weighted by atomic mass is 19.1. The normalized spacial score (nSPS) is 11.0. The minimum absolute atomic E-state index is 0.0898. The van der Waals surface area contributed by atoms with Crippen molar-refractivity contribution in [2.75, 3.05) is 0 Å². The van der Waals surface area contributed by atoms with Crippen molar-refractivity contribution in [2.24, 2.45) is 0 Å². The minimum atomic E-state index is -0.699. The number of hydrogen-bond donors (Lipinski definition) is 2. The Bertz CT molecular complexity index is 1300. The molecule has 0 aliphatic heterocycles. The lowest BCUT2D eigenvalue weighted by molar-refractivity contribution is 0.0951. The molecule has 0 saturated heterocycles. The molecule has 0 aliphatic carbocycles. The summed E-state index contributed by atoms with van der Waals surface area (Å²) in [5.74, 6) is -1.58. The van der Waals surface area contributed by atoms with Crippen LogP contribution in [0.3, 0.4) is 0 Å². The first-order valence-electron chi connectivity index (χ1n) is 9.27. The van der Waals surface area contributed by atoms with Crippen LogP contribution in [-0.4, -0.2) is 20.4 Å². The predicted molar refractivity (Wildman–Crippen MR) is 108 cm³/mol. The monoisotopic (exact) mass is 408 g/mol. The molecule has 0 aliphatic rings. The number of imidazole rings is 1. The molecular formula is C22H18F2N4O2. The molecule has 6 nitrogen and oxygen atoms in total. The molecule has 0 bridgehead atoms. The first-order valence-corrected chi connectivity index (χ1v) is 9.27. The largest absolute Gasteiger partial charge is 0.348 e. The number of rotatable bonds is 5. The van der Waals surface area contributed by atoms with E-state index in [1.54, 1.807) is 31.3 Å². The van der Waals surface area contributed by atoms with E-state index in [2.05, 4.69) is 15.3 Å². The van der Waals surface area contributed by atoms with E-state index in [0.717, 1.165) is 0 Å². The standard InChI is InChI=1S/C22H18F2N4O2/c1-13-19(21(29)26-9-14-4-2-5-15(23)8-14)17-6-3-7-18(24)20(17)22(30)28(13)11-16-10-25-12-27-16/h2-8,10,12H,9,11H2,1H3,(H,25,27)(H,26,29). The van der Waals surface area contributed by atoms with Gasteiger partial charge in [0, 0.05) is 23.8 Å². The van der Waals surface area contributed by atoms with Crippen LogP contribution in [0.5, 0.6) is 0 Å². The van der Waals surface area contributed by atoms with E-state index in [1.165, 1.54) is 35.2 Å². The van der Waals surface area contributed by atoms with E-state index < -0.39 is 23.1 Å². The molecule has 30 heavy (non-hydrogen) atoms. The highest BCUT2D eigenvalue weighted by molar-refractivity contribution is 6.07. The molecule has 1 amide bonds. The Labute approximate surface area is 170 Å². The quantitative estimate of drug-likeness (QED) is 0.532. The number of H-pyrrole nitrogens is 1. The van der Waals surface area contributed by atoms with Gasteiger partial charge in [-0.2, -0.15) is 0 Å². The van der Waals surface area contributed by atoms with Crippen LogP contribution in [0.1, 0.15) is 27.3 Å². The summed E-state index contributed by atoms with van der Waals surface area (Å²) in [6.45, 7) is 1.84. The Hall–Kier alpha value is -3.81. The Kier molecular flexibility index (Phi) is 5.14. The third kappa shape index (κ3) is 3.59. The second-order valence-corrected chi connectivity index (χ2v) is 6.90. The van der Waals surface area contributed by atoms with Crippen molar-refractivity contribution in [3.05, 3.63) is 99.5 Å². The molecule has 4 aromatic rings. The number of nitrogens with one attached hydrogen (secondary N) is 2. The SMILES string of the molecule is Cc1c(C(=O)NCc2cccc(F)c2)c2cccc(F)c2c(=O)n1Cc1cnc[nH]1. The van der Waals surface area contributed by atoms with Gasteiger partial charge in [-0.05, 0) is 30.7 Å². The van der Waals surface area contributed by atoms with Gasteiger partial charge in [-0.3, -0.25) is 9.59 Å². The summed E-state index contributed by atoms with van der Waals surface area (Å²) in [6, 6.07) is 10.1. The first-order chi connectivity index (χ1) is 14.5. The third-order valence-corrected chi connectivity index (χ3v) is 4.96. The summed E-state index contributed by atoms with van der Waals surface area (Å²) in [4.78, 5) is 32.9. The molecule has 0 unspecified atom stereocenters. The second kappa shape index (κ2) is 7.90. The van der Waals surface area contributed by atoms with Crippen molar-refractivity contribution in [1.82, 2.24) is 19.9 Å². The molecular weight excluding hydrogens is 390 g/mol. The molecule has 0 radical (unpaired) electrons. The molecule has 2 N–H and O–H groups in total. The van der Waals surface area contributed by atoms with Crippen LogP contribution in [0.4, 0.5) is 8.78 Å². The number of halogens is 2. The summed E-state index contributed by atoms with van der Waals surface area (Å²) in [5.41, 5.74) is 1.28. The average molecular weight is 408 g/mol. The second-order valence-electron chi connectivity index (χ2n) is 6.90. The summed E-state index contributed by atoms with van der Waals surface area (Å²) >= 11 is 0. The molecule has 2 heterocycles. The van der Waals surface area contributed by atoms with Gasteiger partial charge in [-0.1, -0.05) is 24.3 Å². The van der Waals surface area contributed by atoms with Gasteiger partial charge < -0.3 is 14.9 Å². The lowest BCUT2D eigenvalue weighted by Gasteiger charge is -2.17. The number of carbonyl (C=O) groups is 1. The summed E-state index contributed by atoms with van der Waals surface area (Å²) in [5, 5.41) is 2.81. The van der Waals surface area contributed by atoms with Crippen molar-refractivity contribution in [3.63, 3.8) is 0 Å². The fourth-order valence-corrected chi connectivity index (χ4v) is 3.50. The number of pyridine rings is 1. The van der Waals surface area contributed by atoms with Crippen molar-refractivity contribution in [1.29, 1.82) is 0 Å². The van der Waals surface area contributed by atoms with Crippen molar-refractivity contribution >= 4 is 16.7 Å². The molecule has 152 valence electrons. The molecule has 2 aromatic carbocycles. The van der Waals surface area contributed by atoms with Gasteiger partial charge >= 0.3 is 0 Å². The van der Waals surface area contributed by atoms with Crippen molar-refractivity contribution < 1.29 is 13.6 Å². The van der Waals surface area contributed by atoms with Gasteiger partial charge in [0.15, 0.2) is 0 Å². The van der Waals surface area contributed by atoms with Crippen LogP contribution >= 0.6 is 0 Å². The molecule has 2 aromatic heterocycles. The maximum Gasteiger partial charge on any atom is 0.262 e. The molecule has 0 atom stereocenters. The zero-order valence-electron chi connectivity index (χ0n) is 16.1. The van der Waals surface area contributed by atoms with Crippen molar-refractivity contribution in [3.8, 4) is 0 Å². The smallest absolute Gasteiger partial charge is 0.262 e. The highest BCUT2D eigenvalue weighted by Crippen LogP contribution is 2.22. The fraction of sp³-hybridized carbons (Fsp3) is 0.136. The maximum atomic E-state index is 14.6. The zero-order valence-corrected chi connectivity index (χ0v) is 16.1. The Morgan fingerprint density at radius 3 is 2.73 bits per heavy atom. The van der Waals surface area contributed by atoms with Gasteiger partial charge in [0.25, 0.3) is 11.5 Å². The predicted octanol–water partition coefficient (Wildman–Crippen LogP) is 3.29. The van der Waals surface area contributed by atoms with E-state index >= 15 is 0 Å². The number of aromatic amines is 1. The number of benzene rings is 2. The third-order valence-electron chi connectivity index (χ3n) is 4.96. The molecule has 0 spiro atoms. The molecule has 0 fully saturated rings. The molecule has 8 heteroatoms. The fourth-order valence-electron chi connectivity index (χ4n) is 3.50. The summed E-state index contributed by atoms with van der Waals surface area (Å²) < 4.78 is 29.3. The maximum absolute atomic E-state index is 14.6. The van der Waals surface area contributed by atoms with E-state index in [-0.39, 0.29) is 29.4 Å². The number of nitrogens with zero attached hydrogens (tertiary/aromatic N) is 2. The number of amides is 1. The molecule has 0 saturated carbocycles. The lowest BCUT2D eigenvalue weighted by atomic mass is 10.0. The zero-order chi connectivity index (χ0) is 21.3. The van der Waals surface area contributed by atoms with Crippen LogP contribution in [0.15, 0.2) is 59.8 Å². The highest BCUT2D eigenvalue weighted by Gasteiger charge is 2.21. The van der Waals surface area contributed by atoms with Gasteiger partial charge in [0.05, 0.1) is 29.5 Å². The van der Waals surface area contributed by atoms with E-state index in [4.69, 9.17) is 0 Å². The van der Waals surface area contributed by atoms with Crippen molar-refractivity contribution in [2.45, 2.75) is 20.0 Å². The first kappa shape index (κ1) is 19.5. The number of aromatic nitrogens is 3. The van der Waals surface area contributed by atoms with Gasteiger partial charge in [-0.25, -0.2) is 13.8 Å². The summed E-state index contributed by atoms with van der Waals surface area (Å²) in [7, 11) is 0. The van der Waals surface area contributed by atoms with Crippen LogP contribution in [0, 0.1) is 18.6 Å². The van der Waals surface area contributed by atoms with E-state index in [9.17, 15) is 18.4 Å². The number of carbonyl (C=O) groups excluding carboxylic acids is 1. The van der Waals surface area contributed by atoms with E-state index in [0.29, 0.717) is 17.0 Å². The summed E-state index contributed by atoms with van der Waals surface area (Å²) in [6.07, 6.45) is 3.03. The lowest BCUT2D eigenvalue weighted by Crippen LogP contribution is -2.31. The van der Waals surface area contributed by atoms with Gasteiger partial charge in [-0.15, -0.1) is 0 Å². The Morgan fingerprint density at radius 2 is 2.00 bits per heavy atom. The van der Waals surface area contributed by atoms with Gasteiger partial charge in [0.1, 0.15) is 11.6 Å². The van der Waals surface area contributed by atoms with Crippen LogP contribution in [-0.2, 0) is 13.1 Å². The Balaban J connectivity index is 1.80. The number of fused-ring (bicyclic) bond motifs is 1. The van der Waals surface area contributed by atoms with Crippen LogP contribution in [0.2, 0.25) is 0 Å². The average Bonchev–Trinajstić information content (AvgIpc) is 3.23. The van der Waals surface area contributed by atoms with Crippen LogP contribution in [0.25, 0.3) is 10.8 Å². The number of hydrogen-bond acceptors (Lipinski definition) is 3. The topological polar surface area (TPSA) is 79.8 Å². The minimum Gasteiger partial charge on any atom is -0.348 e. The van der Waals surface area contributed by atoms with E-state index in [1.807, 2.05) is 0 Å². The van der Waals surface area contributed by atoms with Crippen LogP contribution < -0.4 is 10.9 Å². The van der Waals surface area contributed by atoms with Gasteiger partial charge in [0.2, 0.25) is 0 Å².